The minimum atomic E-state index is 0.657. The molecule has 0 fully saturated rings. The van der Waals surface area contributed by atoms with E-state index in [1.54, 1.807) is 18.0 Å². The van der Waals surface area contributed by atoms with Crippen molar-refractivity contribution in [1.29, 1.82) is 0 Å². The fourth-order valence-electron chi connectivity index (χ4n) is 1.84. The van der Waals surface area contributed by atoms with Gasteiger partial charge in [-0.3, -0.25) is 0 Å². The van der Waals surface area contributed by atoms with Crippen molar-refractivity contribution in [2.45, 2.75) is 37.1 Å². The van der Waals surface area contributed by atoms with Gasteiger partial charge in [-0.2, -0.15) is 0 Å². The SMILES string of the molecule is Cc1occc1Sc1ccc(CNCC(C)C)cc1Cl. The molecule has 20 heavy (non-hydrogen) atoms. The molecule has 0 spiro atoms. The van der Waals surface area contributed by atoms with Crippen LogP contribution in [0.2, 0.25) is 5.02 Å². The molecular formula is C16H20ClNOS. The molecule has 0 saturated heterocycles. The zero-order valence-electron chi connectivity index (χ0n) is 12.1. The lowest BCUT2D eigenvalue weighted by molar-refractivity contribution is 0.527. The highest BCUT2D eigenvalue weighted by Crippen LogP contribution is 2.35. The van der Waals surface area contributed by atoms with E-state index in [2.05, 4.69) is 31.3 Å². The molecule has 0 aliphatic rings. The quantitative estimate of drug-likeness (QED) is 0.800. The number of nitrogens with one attached hydrogen (secondary N) is 1. The lowest BCUT2D eigenvalue weighted by atomic mass is 10.2. The van der Waals surface area contributed by atoms with Gasteiger partial charge >= 0.3 is 0 Å². The van der Waals surface area contributed by atoms with E-state index in [0.29, 0.717) is 5.92 Å². The smallest absolute Gasteiger partial charge is 0.114 e. The van der Waals surface area contributed by atoms with Crippen LogP contribution in [0.5, 0.6) is 0 Å². The summed E-state index contributed by atoms with van der Waals surface area (Å²) in [6, 6.07) is 8.20. The van der Waals surface area contributed by atoms with Crippen LogP contribution in [0.25, 0.3) is 0 Å². The van der Waals surface area contributed by atoms with E-state index < -0.39 is 0 Å². The molecule has 1 heterocycles. The Labute approximate surface area is 129 Å². The maximum absolute atomic E-state index is 6.36. The molecule has 0 saturated carbocycles. The van der Waals surface area contributed by atoms with E-state index in [9.17, 15) is 0 Å². The van der Waals surface area contributed by atoms with Crippen molar-refractivity contribution in [3.05, 3.63) is 46.9 Å². The Morgan fingerprint density at radius 2 is 2.05 bits per heavy atom. The Kier molecular flexibility index (Phi) is 5.58. The van der Waals surface area contributed by atoms with E-state index in [-0.39, 0.29) is 0 Å². The van der Waals surface area contributed by atoms with Crippen molar-refractivity contribution in [2.24, 2.45) is 5.92 Å². The van der Waals surface area contributed by atoms with Crippen LogP contribution in [0.15, 0.2) is 44.7 Å². The molecule has 0 radical (unpaired) electrons. The molecule has 0 aliphatic heterocycles. The van der Waals surface area contributed by atoms with Crippen molar-refractivity contribution in [3.8, 4) is 0 Å². The van der Waals surface area contributed by atoms with Gasteiger partial charge in [0, 0.05) is 11.4 Å². The second-order valence-corrected chi connectivity index (χ2v) is 6.72. The van der Waals surface area contributed by atoms with Crippen LogP contribution in [-0.2, 0) is 6.54 Å². The second-order valence-electron chi connectivity index (χ2n) is 5.23. The predicted molar refractivity (Wildman–Crippen MR) is 85.6 cm³/mol. The van der Waals surface area contributed by atoms with Crippen molar-refractivity contribution in [2.75, 3.05) is 6.54 Å². The Morgan fingerprint density at radius 1 is 1.25 bits per heavy atom. The van der Waals surface area contributed by atoms with Gasteiger partial charge in [-0.15, -0.1) is 0 Å². The van der Waals surface area contributed by atoms with E-state index in [0.717, 1.165) is 33.7 Å². The first-order chi connectivity index (χ1) is 9.56. The lowest BCUT2D eigenvalue weighted by Crippen LogP contribution is -2.18. The summed E-state index contributed by atoms with van der Waals surface area (Å²) in [5.74, 6) is 1.58. The molecule has 0 unspecified atom stereocenters. The minimum Gasteiger partial charge on any atom is -0.468 e. The molecule has 108 valence electrons. The minimum absolute atomic E-state index is 0.657. The number of benzene rings is 1. The van der Waals surface area contributed by atoms with Gasteiger partial charge in [-0.1, -0.05) is 43.3 Å². The highest BCUT2D eigenvalue weighted by molar-refractivity contribution is 7.99. The van der Waals surface area contributed by atoms with Gasteiger partial charge in [-0.05, 0) is 43.1 Å². The van der Waals surface area contributed by atoms with Crippen molar-refractivity contribution in [1.82, 2.24) is 5.32 Å². The third-order valence-electron chi connectivity index (χ3n) is 2.91. The summed E-state index contributed by atoms with van der Waals surface area (Å²) in [4.78, 5) is 2.17. The summed E-state index contributed by atoms with van der Waals surface area (Å²) >= 11 is 8.00. The van der Waals surface area contributed by atoms with Gasteiger partial charge in [-0.25, -0.2) is 0 Å². The Morgan fingerprint density at radius 3 is 2.65 bits per heavy atom. The number of hydrogen-bond acceptors (Lipinski definition) is 3. The number of hydrogen-bond donors (Lipinski definition) is 1. The molecule has 2 aromatic rings. The summed E-state index contributed by atoms with van der Waals surface area (Å²) in [5, 5.41) is 4.21. The van der Waals surface area contributed by atoms with E-state index >= 15 is 0 Å². The summed E-state index contributed by atoms with van der Waals surface area (Å²) in [5.41, 5.74) is 1.21. The van der Waals surface area contributed by atoms with Gasteiger partial charge in [0.2, 0.25) is 0 Å². The number of furan rings is 1. The number of aryl methyl sites for hydroxylation is 1. The van der Waals surface area contributed by atoms with E-state index in [1.807, 2.05) is 19.1 Å². The first kappa shape index (κ1) is 15.5. The summed E-state index contributed by atoms with van der Waals surface area (Å²) in [7, 11) is 0. The maximum Gasteiger partial charge on any atom is 0.114 e. The fraction of sp³-hybridized carbons (Fsp3) is 0.375. The second kappa shape index (κ2) is 7.21. The van der Waals surface area contributed by atoms with Crippen LogP contribution >= 0.6 is 23.4 Å². The van der Waals surface area contributed by atoms with E-state index in [4.69, 9.17) is 16.0 Å². The summed E-state index contributed by atoms with van der Waals surface area (Å²) in [6.07, 6.45) is 1.70. The van der Waals surface area contributed by atoms with Crippen LogP contribution in [0.1, 0.15) is 25.2 Å². The Hall–Kier alpha value is -0.900. The van der Waals surface area contributed by atoms with E-state index in [1.165, 1.54) is 5.56 Å². The molecule has 1 N–H and O–H groups in total. The van der Waals surface area contributed by atoms with Gasteiger partial charge < -0.3 is 9.73 Å². The average Bonchev–Trinajstić information content (AvgIpc) is 2.78. The topological polar surface area (TPSA) is 25.2 Å². The zero-order chi connectivity index (χ0) is 14.5. The van der Waals surface area contributed by atoms with Gasteiger partial charge in [0.15, 0.2) is 0 Å². The van der Waals surface area contributed by atoms with Gasteiger partial charge in [0.25, 0.3) is 0 Å². The maximum atomic E-state index is 6.36. The molecule has 0 amide bonds. The van der Waals surface area contributed by atoms with Crippen LogP contribution in [-0.4, -0.2) is 6.54 Å². The van der Waals surface area contributed by atoms with Gasteiger partial charge in [0.05, 0.1) is 16.2 Å². The molecule has 1 aromatic heterocycles. The van der Waals surface area contributed by atoms with Crippen LogP contribution in [0, 0.1) is 12.8 Å². The summed E-state index contributed by atoms with van der Waals surface area (Å²) < 4.78 is 5.30. The normalized spacial score (nSPS) is 11.2. The van der Waals surface area contributed by atoms with Crippen LogP contribution in [0.3, 0.4) is 0 Å². The van der Waals surface area contributed by atoms with Crippen molar-refractivity contribution >= 4 is 23.4 Å². The summed E-state index contributed by atoms with van der Waals surface area (Å²) in [6.45, 7) is 8.23. The Bertz CT molecular complexity index is 565. The van der Waals surface area contributed by atoms with Crippen molar-refractivity contribution < 1.29 is 4.42 Å². The Balaban J connectivity index is 2.01. The highest BCUT2D eigenvalue weighted by Gasteiger charge is 2.08. The average molecular weight is 310 g/mol. The monoisotopic (exact) mass is 309 g/mol. The third kappa shape index (κ3) is 4.30. The molecule has 0 aliphatic carbocycles. The highest BCUT2D eigenvalue weighted by atomic mass is 35.5. The molecular weight excluding hydrogens is 290 g/mol. The molecule has 2 nitrogen and oxygen atoms in total. The van der Waals surface area contributed by atoms with Crippen LogP contribution in [0.4, 0.5) is 0 Å². The molecule has 4 heteroatoms. The van der Waals surface area contributed by atoms with Crippen molar-refractivity contribution in [3.63, 3.8) is 0 Å². The largest absolute Gasteiger partial charge is 0.468 e. The lowest BCUT2D eigenvalue weighted by Gasteiger charge is -2.09. The fourth-order valence-corrected chi connectivity index (χ4v) is 3.00. The number of halogens is 1. The zero-order valence-corrected chi connectivity index (χ0v) is 13.6. The molecule has 2 rings (SSSR count). The number of rotatable bonds is 6. The first-order valence-electron chi connectivity index (χ1n) is 6.77. The molecule has 0 atom stereocenters. The molecule has 0 bridgehead atoms. The first-order valence-corrected chi connectivity index (χ1v) is 7.97. The standard InChI is InChI=1S/C16H20ClNOS/c1-11(2)9-18-10-13-4-5-16(14(17)8-13)20-15-6-7-19-12(15)3/h4-8,11,18H,9-10H2,1-3H3. The third-order valence-corrected chi connectivity index (χ3v) is 4.55. The molecule has 1 aromatic carbocycles. The predicted octanol–water partition coefficient (Wildman–Crippen LogP) is 5.14. The van der Waals surface area contributed by atoms with Crippen LogP contribution < -0.4 is 5.32 Å². The van der Waals surface area contributed by atoms with Gasteiger partial charge in [0.1, 0.15) is 5.76 Å².